The third-order valence-corrected chi connectivity index (χ3v) is 8.14. The Kier molecular flexibility index (Phi) is 3.72. The van der Waals surface area contributed by atoms with E-state index in [4.69, 9.17) is 5.11 Å². The van der Waals surface area contributed by atoms with Gasteiger partial charge in [-0.05, 0) is 30.0 Å². The number of carbonyl (C=O) groups is 1. The van der Waals surface area contributed by atoms with Crippen LogP contribution in [0.5, 0.6) is 0 Å². The molecule has 3 atom stereocenters. The molecule has 2 fully saturated rings. The second-order valence-corrected chi connectivity index (χ2v) is 10.1. The number of hydrogen-bond acceptors (Lipinski definition) is 4. The summed E-state index contributed by atoms with van der Waals surface area (Å²) in [5, 5.41) is 9.14. The first kappa shape index (κ1) is 18.6. The zero-order valence-corrected chi connectivity index (χ0v) is 16.4. The lowest BCUT2D eigenvalue weighted by Crippen LogP contribution is -2.37. The molecule has 11 heteroatoms. The average molecular weight is 426 g/mol. The summed E-state index contributed by atoms with van der Waals surface area (Å²) in [4.78, 5) is 17.1. The number of likely N-dealkylation sites (tertiary alicyclic amines) is 1. The van der Waals surface area contributed by atoms with Gasteiger partial charge in [-0.25, -0.2) is 27.2 Å². The molecule has 1 saturated heterocycles. The molecular formula is C18H20F2N4O4S. The van der Waals surface area contributed by atoms with E-state index in [0.29, 0.717) is 30.9 Å². The Labute approximate surface area is 166 Å². The number of hydrogen-bond donors (Lipinski definition) is 1. The van der Waals surface area contributed by atoms with Crippen LogP contribution in [0.2, 0.25) is 0 Å². The largest absolute Gasteiger partial charge is 0.465 e. The smallest absolute Gasteiger partial charge is 0.407 e. The highest BCUT2D eigenvalue weighted by molar-refractivity contribution is 7.94. The Balaban J connectivity index is 1.42. The summed E-state index contributed by atoms with van der Waals surface area (Å²) < 4.78 is 54.1. The Morgan fingerprint density at radius 2 is 2.07 bits per heavy atom. The standard InChI is InChI=1S/C18H20F2N4O4S/c1-22-16-15(24(29(22,27)28)9-13-6-18(13,19)20)3-2-14(21-16)10-4-11-7-23(17(25)26)8-12(11)5-10/h2-4,11-13H,5-9H2,1H3,(H,25,26). The first-order valence-electron chi connectivity index (χ1n) is 9.42. The molecule has 3 unspecified atom stereocenters. The molecule has 5 rings (SSSR count). The fourth-order valence-corrected chi connectivity index (χ4v) is 5.95. The zero-order chi connectivity index (χ0) is 20.7. The van der Waals surface area contributed by atoms with Crippen molar-refractivity contribution in [2.75, 3.05) is 35.3 Å². The predicted molar refractivity (Wildman–Crippen MR) is 101 cm³/mol. The number of alkyl halides is 2. The summed E-state index contributed by atoms with van der Waals surface area (Å²) in [6.07, 6.45) is 1.48. The third kappa shape index (κ3) is 2.77. The van der Waals surface area contributed by atoms with E-state index in [-0.39, 0.29) is 30.6 Å². The monoisotopic (exact) mass is 426 g/mol. The van der Waals surface area contributed by atoms with Crippen LogP contribution in [0.25, 0.3) is 5.57 Å². The predicted octanol–water partition coefficient (Wildman–Crippen LogP) is 2.25. The number of halogens is 2. The number of allylic oxidation sites excluding steroid dienone is 1. The first-order chi connectivity index (χ1) is 13.6. The van der Waals surface area contributed by atoms with Crippen LogP contribution >= 0.6 is 0 Å². The Morgan fingerprint density at radius 3 is 2.69 bits per heavy atom. The van der Waals surface area contributed by atoms with E-state index < -0.39 is 28.1 Å². The van der Waals surface area contributed by atoms with Gasteiger partial charge in [0.05, 0.1) is 11.4 Å². The molecule has 0 aromatic carbocycles. The van der Waals surface area contributed by atoms with Crippen molar-refractivity contribution in [2.45, 2.75) is 18.8 Å². The van der Waals surface area contributed by atoms with Crippen LogP contribution in [-0.2, 0) is 10.2 Å². The lowest BCUT2D eigenvalue weighted by atomic mass is 9.99. The van der Waals surface area contributed by atoms with Gasteiger partial charge in [0.1, 0.15) is 0 Å². The first-order valence-corrected chi connectivity index (χ1v) is 10.8. The van der Waals surface area contributed by atoms with Crippen molar-refractivity contribution in [3.05, 3.63) is 23.9 Å². The second-order valence-electron chi connectivity index (χ2n) is 8.22. The van der Waals surface area contributed by atoms with Gasteiger partial charge in [-0.15, -0.1) is 0 Å². The summed E-state index contributed by atoms with van der Waals surface area (Å²) in [6, 6.07) is 3.34. The van der Waals surface area contributed by atoms with Gasteiger partial charge in [0.15, 0.2) is 5.82 Å². The molecule has 8 nitrogen and oxygen atoms in total. The molecule has 156 valence electrons. The highest BCUT2D eigenvalue weighted by atomic mass is 32.2. The Bertz CT molecular complexity index is 1040. The minimum Gasteiger partial charge on any atom is -0.465 e. The number of pyridine rings is 1. The van der Waals surface area contributed by atoms with E-state index in [2.05, 4.69) is 4.98 Å². The molecule has 4 aliphatic rings. The van der Waals surface area contributed by atoms with Crippen LogP contribution in [0.3, 0.4) is 0 Å². The summed E-state index contributed by atoms with van der Waals surface area (Å²) in [7, 11) is -2.55. The molecule has 0 radical (unpaired) electrons. The Morgan fingerprint density at radius 1 is 1.34 bits per heavy atom. The molecule has 1 N–H and O–H groups in total. The fourth-order valence-electron chi connectivity index (χ4n) is 4.54. The minimum absolute atomic E-state index is 0.131. The molecule has 1 saturated carbocycles. The van der Waals surface area contributed by atoms with Gasteiger partial charge >= 0.3 is 16.3 Å². The van der Waals surface area contributed by atoms with E-state index in [0.717, 1.165) is 14.2 Å². The number of rotatable bonds is 3. The Hall–Kier alpha value is -2.43. The van der Waals surface area contributed by atoms with Crippen LogP contribution in [0, 0.1) is 17.8 Å². The number of fused-ring (bicyclic) bond motifs is 2. The molecule has 1 aromatic heterocycles. The lowest BCUT2D eigenvalue weighted by Gasteiger charge is -2.18. The van der Waals surface area contributed by atoms with Gasteiger partial charge in [-0.3, -0.25) is 0 Å². The van der Waals surface area contributed by atoms with Crippen molar-refractivity contribution in [1.82, 2.24) is 9.88 Å². The molecule has 3 heterocycles. The van der Waals surface area contributed by atoms with Gasteiger partial charge in [-0.1, -0.05) is 6.08 Å². The summed E-state index contributed by atoms with van der Waals surface area (Å²) in [5.74, 6) is -3.21. The minimum atomic E-state index is -3.92. The van der Waals surface area contributed by atoms with Gasteiger partial charge in [0.25, 0.3) is 5.92 Å². The van der Waals surface area contributed by atoms with Crippen molar-refractivity contribution in [3.8, 4) is 0 Å². The summed E-state index contributed by atoms with van der Waals surface area (Å²) in [5.41, 5.74) is 1.92. The topological polar surface area (TPSA) is 94.1 Å². The van der Waals surface area contributed by atoms with Crippen molar-refractivity contribution in [1.29, 1.82) is 0 Å². The maximum Gasteiger partial charge on any atom is 0.407 e. The summed E-state index contributed by atoms with van der Waals surface area (Å²) in [6.45, 7) is 0.667. The number of nitrogens with zero attached hydrogens (tertiary/aromatic N) is 4. The van der Waals surface area contributed by atoms with E-state index in [1.54, 1.807) is 12.1 Å². The lowest BCUT2D eigenvalue weighted by molar-refractivity contribution is 0.101. The molecule has 1 aromatic rings. The highest BCUT2D eigenvalue weighted by Crippen LogP contribution is 2.51. The molecular weight excluding hydrogens is 406 g/mol. The summed E-state index contributed by atoms with van der Waals surface area (Å²) >= 11 is 0. The van der Waals surface area contributed by atoms with Crippen LogP contribution < -0.4 is 8.61 Å². The van der Waals surface area contributed by atoms with Crippen LogP contribution in [-0.4, -0.2) is 62.1 Å². The van der Waals surface area contributed by atoms with E-state index in [1.807, 2.05) is 6.08 Å². The quantitative estimate of drug-likeness (QED) is 0.800. The van der Waals surface area contributed by atoms with Gasteiger partial charge in [0, 0.05) is 44.9 Å². The third-order valence-electron chi connectivity index (χ3n) is 6.38. The maximum absolute atomic E-state index is 13.3. The fraction of sp³-hybridized carbons (Fsp3) is 0.556. The number of carboxylic acid groups (broad SMARTS) is 1. The SMILES string of the molecule is CN1c2nc(C3=CC4CN(C(=O)O)CC4C3)ccc2N(CC2CC2(F)F)S1(=O)=O. The van der Waals surface area contributed by atoms with Gasteiger partial charge in [-0.2, -0.15) is 8.42 Å². The van der Waals surface area contributed by atoms with Crippen LogP contribution in [0.4, 0.5) is 25.1 Å². The van der Waals surface area contributed by atoms with Crippen LogP contribution in [0.1, 0.15) is 18.5 Å². The van der Waals surface area contributed by atoms with Gasteiger partial charge < -0.3 is 10.0 Å². The molecule has 1 amide bonds. The van der Waals surface area contributed by atoms with Crippen molar-refractivity contribution in [2.24, 2.45) is 17.8 Å². The zero-order valence-electron chi connectivity index (χ0n) is 15.6. The molecule has 0 spiro atoms. The van der Waals surface area contributed by atoms with Crippen molar-refractivity contribution < 1.29 is 27.1 Å². The van der Waals surface area contributed by atoms with Crippen molar-refractivity contribution in [3.63, 3.8) is 0 Å². The van der Waals surface area contributed by atoms with Crippen molar-refractivity contribution >= 4 is 33.4 Å². The molecule has 2 aliphatic carbocycles. The number of anilines is 2. The second kappa shape index (κ2) is 5.80. The number of amides is 1. The van der Waals surface area contributed by atoms with Gasteiger partial charge in [0.2, 0.25) is 0 Å². The maximum atomic E-state index is 13.3. The number of aromatic nitrogens is 1. The molecule has 0 bridgehead atoms. The van der Waals surface area contributed by atoms with Crippen LogP contribution in [0.15, 0.2) is 18.2 Å². The van der Waals surface area contributed by atoms with E-state index in [9.17, 15) is 22.0 Å². The average Bonchev–Trinajstić information content (AvgIpc) is 2.96. The normalized spacial score (nSPS) is 30.9. The highest BCUT2D eigenvalue weighted by Gasteiger charge is 2.59. The molecule has 2 aliphatic heterocycles. The molecule has 29 heavy (non-hydrogen) atoms. The van der Waals surface area contributed by atoms with E-state index in [1.165, 1.54) is 11.9 Å². The van der Waals surface area contributed by atoms with E-state index >= 15 is 0 Å².